The van der Waals surface area contributed by atoms with Crippen LogP contribution in [0.3, 0.4) is 0 Å². The number of amides is 3. The SMILES string of the molecule is CCOc1cc(/C=C2/NC(=O)N(CC(=O)OC)C2=O)cc(Cl)c1OCc1cccc(C)c1. The second-order valence-corrected chi connectivity index (χ2v) is 7.40. The van der Waals surface area contributed by atoms with Gasteiger partial charge in [-0.25, -0.2) is 9.69 Å². The number of imide groups is 1. The Morgan fingerprint density at radius 2 is 1.97 bits per heavy atom. The molecule has 3 amide bonds. The highest BCUT2D eigenvalue weighted by Gasteiger charge is 2.35. The minimum Gasteiger partial charge on any atom is -0.490 e. The van der Waals surface area contributed by atoms with Crippen LogP contribution in [-0.4, -0.2) is 43.1 Å². The van der Waals surface area contributed by atoms with Gasteiger partial charge < -0.3 is 19.5 Å². The topological polar surface area (TPSA) is 94.2 Å². The standard InChI is InChI=1S/C23H23ClN2O6/c1-4-31-19-11-16(10-18-22(28)26(23(29)25-18)12-20(27)30-3)9-17(24)21(19)32-13-15-7-5-6-14(2)8-15/h5-11H,4,12-13H2,1-3H3,(H,25,29)/b18-10+. The van der Waals surface area contributed by atoms with Crippen molar-refractivity contribution in [1.82, 2.24) is 10.2 Å². The number of ether oxygens (including phenoxy) is 3. The summed E-state index contributed by atoms with van der Waals surface area (Å²) in [7, 11) is 1.18. The Bertz CT molecular complexity index is 1080. The van der Waals surface area contributed by atoms with Crippen LogP contribution in [-0.2, 0) is 20.9 Å². The molecule has 1 saturated heterocycles. The van der Waals surface area contributed by atoms with Gasteiger partial charge in [-0.1, -0.05) is 41.4 Å². The predicted octanol–water partition coefficient (Wildman–Crippen LogP) is 3.69. The summed E-state index contributed by atoms with van der Waals surface area (Å²) in [6.07, 6.45) is 1.45. The van der Waals surface area contributed by atoms with Crippen molar-refractivity contribution in [2.75, 3.05) is 20.3 Å². The Balaban J connectivity index is 1.84. The number of nitrogens with zero attached hydrogens (tertiary/aromatic N) is 1. The lowest BCUT2D eigenvalue weighted by Crippen LogP contribution is -2.36. The Morgan fingerprint density at radius 1 is 1.19 bits per heavy atom. The molecule has 1 N–H and O–H groups in total. The molecule has 1 heterocycles. The highest BCUT2D eigenvalue weighted by atomic mass is 35.5. The molecule has 32 heavy (non-hydrogen) atoms. The molecule has 0 bridgehead atoms. The fourth-order valence-electron chi connectivity index (χ4n) is 3.11. The van der Waals surface area contributed by atoms with Gasteiger partial charge in [0.1, 0.15) is 18.8 Å². The van der Waals surface area contributed by atoms with Gasteiger partial charge in [0, 0.05) is 0 Å². The number of rotatable bonds is 8. The van der Waals surface area contributed by atoms with Crippen molar-refractivity contribution in [3.05, 3.63) is 63.8 Å². The molecule has 168 valence electrons. The second kappa shape index (κ2) is 10.2. The first-order valence-corrected chi connectivity index (χ1v) is 10.3. The maximum atomic E-state index is 12.5. The van der Waals surface area contributed by atoms with Crippen LogP contribution < -0.4 is 14.8 Å². The summed E-state index contributed by atoms with van der Waals surface area (Å²) in [5.41, 5.74) is 2.63. The van der Waals surface area contributed by atoms with Gasteiger partial charge in [0.2, 0.25) is 0 Å². The lowest BCUT2D eigenvalue weighted by molar-refractivity contribution is -0.143. The zero-order valence-electron chi connectivity index (χ0n) is 17.9. The molecule has 1 aliphatic rings. The highest BCUT2D eigenvalue weighted by Crippen LogP contribution is 2.38. The number of aryl methyl sites for hydroxylation is 1. The maximum absolute atomic E-state index is 12.5. The third-order valence-electron chi connectivity index (χ3n) is 4.59. The Kier molecular flexibility index (Phi) is 7.37. The van der Waals surface area contributed by atoms with Gasteiger partial charge >= 0.3 is 12.0 Å². The van der Waals surface area contributed by atoms with E-state index in [0.717, 1.165) is 16.0 Å². The quantitative estimate of drug-likeness (QED) is 0.368. The van der Waals surface area contributed by atoms with Crippen LogP contribution in [0.5, 0.6) is 11.5 Å². The van der Waals surface area contributed by atoms with E-state index in [1.54, 1.807) is 12.1 Å². The van der Waals surface area contributed by atoms with Crippen LogP contribution in [0.15, 0.2) is 42.1 Å². The van der Waals surface area contributed by atoms with Crippen LogP contribution in [0.2, 0.25) is 5.02 Å². The molecule has 0 aromatic heterocycles. The van der Waals surface area contributed by atoms with Crippen LogP contribution in [0, 0.1) is 6.92 Å². The van der Waals surface area contributed by atoms with Crippen molar-refractivity contribution in [3.8, 4) is 11.5 Å². The van der Waals surface area contributed by atoms with Crippen molar-refractivity contribution in [2.24, 2.45) is 0 Å². The first kappa shape index (κ1) is 23.1. The molecule has 0 atom stereocenters. The summed E-state index contributed by atoms with van der Waals surface area (Å²) >= 11 is 6.46. The number of urea groups is 1. The third kappa shape index (κ3) is 5.39. The van der Waals surface area contributed by atoms with E-state index in [1.165, 1.54) is 13.2 Å². The number of esters is 1. The fraction of sp³-hybridized carbons (Fsp3) is 0.261. The van der Waals surface area contributed by atoms with Crippen LogP contribution >= 0.6 is 11.6 Å². The number of hydrogen-bond acceptors (Lipinski definition) is 6. The van der Waals surface area contributed by atoms with E-state index < -0.39 is 24.5 Å². The van der Waals surface area contributed by atoms with Crippen LogP contribution in [0.25, 0.3) is 6.08 Å². The summed E-state index contributed by atoms with van der Waals surface area (Å²) in [6.45, 7) is 4.03. The first-order valence-electron chi connectivity index (χ1n) is 9.88. The molecule has 1 aliphatic heterocycles. The van der Waals surface area contributed by atoms with Crippen LogP contribution in [0.4, 0.5) is 4.79 Å². The van der Waals surface area contributed by atoms with Gasteiger partial charge in [-0.3, -0.25) is 9.59 Å². The number of nitrogens with one attached hydrogen (secondary N) is 1. The minimum absolute atomic E-state index is 0.00541. The van der Waals surface area contributed by atoms with E-state index in [9.17, 15) is 14.4 Å². The van der Waals surface area contributed by atoms with Gasteiger partial charge in [0.25, 0.3) is 5.91 Å². The molecule has 1 fully saturated rings. The normalized spacial score (nSPS) is 14.5. The van der Waals surface area contributed by atoms with Crippen molar-refractivity contribution >= 4 is 35.6 Å². The molecule has 3 rings (SSSR count). The molecule has 0 saturated carbocycles. The Hall–Kier alpha value is -3.52. The van der Waals surface area contributed by atoms with Crippen molar-refractivity contribution in [2.45, 2.75) is 20.5 Å². The van der Waals surface area contributed by atoms with Gasteiger partial charge in [0.05, 0.1) is 18.7 Å². The lowest BCUT2D eigenvalue weighted by atomic mass is 10.1. The fourth-order valence-corrected chi connectivity index (χ4v) is 3.38. The predicted molar refractivity (Wildman–Crippen MR) is 118 cm³/mol. The van der Waals surface area contributed by atoms with E-state index >= 15 is 0 Å². The van der Waals surface area contributed by atoms with E-state index in [4.69, 9.17) is 21.1 Å². The zero-order valence-corrected chi connectivity index (χ0v) is 18.7. The van der Waals surface area contributed by atoms with Crippen molar-refractivity contribution in [1.29, 1.82) is 0 Å². The summed E-state index contributed by atoms with van der Waals surface area (Å²) < 4.78 is 16.1. The van der Waals surface area contributed by atoms with Gasteiger partial charge in [-0.15, -0.1) is 0 Å². The largest absolute Gasteiger partial charge is 0.490 e. The average Bonchev–Trinajstić information content (AvgIpc) is 3.00. The third-order valence-corrected chi connectivity index (χ3v) is 4.87. The summed E-state index contributed by atoms with van der Waals surface area (Å²) in [6, 6.07) is 10.5. The number of carbonyl (C=O) groups excluding carboxylic acids is 3. The molecule has 2 aromatic carbocycles. The molecule has 0 spiro atoms. The minimum atomic E-state index is -0.708. The zero-order chi connectivity index (χ0) is 23.3. The monoisotopic (exact) mass is 458 g/mol. The smallest absolute Gasteiger partial charge is 0.329 e. The Morgan fingerprint density at radius 3 is 2.66 bits per heavy atom. The molecule has 9 heteroatoms. The lowest BCUT2D eigenvalue weighted by Gasteiger charge is -2.15. The van der Waals surface area contributed by atoms with Crippen molar-refractivity contribution in [3.63, 3.8) is 0 Å². The van der Waals surface area contributed by atoms with Crippen LogP contribution in [0.1, 0.15) is 23.6 Å². The summed E-state index contributed by atoms with van der Waals surface area (Å²) in [5.74, 6) is -0.560. The molecular weight excluding hydrogens is 436 g/mol. The summed E-state index contributed by atoms with van der Waals surface area (Å²) in [4.78, 5) is 36.8. The molecule has 8 nitrogen and oxygen atoms in total. The number of benzene rings is 2. The van der Waals surface area contributed by atoms with Crippen molar-refractivity contribution < 1.29 is 28.6 Å². The molecule has 0 unspecified atom stereocenters. The molecular formula is C23H23ClN2O6. The maximum Gasteiger partial charge on any atom is 0.329 e. The number of halogens is 1. The molecule has 0 radical (unpaired) electrons. The summed E-state index contributed by atoms with van der Waals surface area (Å²) in [5, 5.41) is 2.74. The van der Waals surface area contributed by atoms with Gasteiger partial charge in [-0.2, -0.15) is 0 Å². The number of hydrogen-bond donors (Lipinski definition) is 1. The average molecular weight is 459 g/mol. The second-order valence-electron chi connectivity index (χ2n) is 7.00. The van der Waals surface area contributed by atoms with E-state index in [2.05, 4.69) is 10.1 Å². The highest BCUT2D eigenvalue weighted by molar-refractivity contribution is 6.32. The number of carbonyl (C=O) groups is 3. The molecule has 0 aliphatic carbocycles. The van der Waals surface area contributed by atoms with Gasteiger partial charge in [0.15, 0.2) is 11.5 Å². The van der Waals surface area contributed by atoms with E-state index in [-0.39, 0.29) is 5.70 Å². The number of methoxy groups -OCH3 is 1. The van der Waals surface area contributed by atoms with Gasteiger partial charge in [-0.05, 0) is 43.2 Å². The first-order chi connectivity index (χ1) is 15.3. The Labute approximate surface area is 190 Å². The van der Waals surface area contributed by atoms with E-state index in [1.807, 2.05) is 38.1 Å². The molecule has 2 aromatic rings. The van der Waals surface area contributed by atoms with E-state index in [0.29, 0.717) is 35.3 Å².